The van der Waals surface area contributed by atoms with E-state index >= 15 is 0 Å². The average Bonchev–Trinajstić information content (AvgIpc) is 2.66. The highest BCUT2D eigenvalue weighted by atomic mass is 35.5. The Morgan fingerprint density at radius 3 is 2.16 bits per heavy atom. The second-order valence-electron chi connectivity index (χ2n) is 8.46. The van der Waals surface area contributed by atoms with Gasteiger partial charge in [0.1, 0.15) is 5.82 Å². The Morgan fingerprint density at radius 2 is 1.60 bits per heavy atom. The van der Waals surface area contributed by atoms with Crippen molar-refractivity contribution in [3.8, 4) is 0 Å². The molecule has 1 unspecified atom stereocenters. The van der Waals surface area contributed by atoms with Crippen LogP contribution >= 0.6 is 11.6 Å². The molecule has 25 heavy (non-hydrogen) atoms. The second kappa shape index (κ2) is 8.39. The molecule has 2 aliphatic carbocycles. The minimum Gasteiger partial charge on any atom is -0.327 e. The summed E-state index contributed by atoms with van der Waals surface area (Å²) in [5.74, 6) is 2.60. The summed E-state index contributed by atoms with van der Waals surface area (Å²) in [5.41, 5.74) is 7.92. The highest BCUT2D eigenvalue weighted by Crippen LogP contribution is 2.45. The molecule has 1 atom stereocenters. The molecule has 0 radical (unpaired) electrons. The van der Waals surface area contributed by atoms with Crippen LogP contribution in [0.1, 0.15) is 81.8 Å². The van der Waals surface area contributed by atoms with Gasteiger partial charge in [0.15, 0.2) is 0 Å². The van der Waals surface area contributed by atoms with E-state index in [0.29, 0.717) is 17.0 Å². The highest BCUT2D eigenvalue weighted by Gasteiger charge is 2.33. The Morgan fingerprint density at radius 1 is 1.04 bits per heavy atom. The first-order valence-electron chi connectivity index (χ1n) is 10.2. The van der Waals surface area contributed by atoms with Crippen molar-refractivity contribution in [2.45, 2.75) is 83.6 Å². The molecule has 2 N–H and O–H groups in total. The van der Waals surface area contributed by atoms with Crippen LogP contribution in [-0.2, 0) is 0 Å². The van der Waals surface area contributed by atoms with Gasteiger partial charge in [-0.25, -0.2) is 4.39 Å². The minimum absolute atomic E-state index is 0.181. The second-order valence-corrected chi connectivity index (χ2v) is 8.84. The fourth-order valence-electron chi connectivity index (χ4n) is 5.26. The summed E-state index contributed by atoms with van der Waals surface area (Å²) in [6, 6.07) is 4.31. The van der Waals surface area contributed by atoms with Gasteiger partial charge in [-0.15, -0.1) is 0 Å². The Bertz CT molecular complexity index is 572. The fourth-order valence-corrected chi connectivity index (χ4v) is 5.43. The maximum absolute atomic E-state index is 14.5. The number of hydrogen-bond donors (Lipinski definition) is 1. The normalized spacial score (nSPS) is 31.7. The first kappa shape index (κ1) is 19.2. The molecule has 2 fully saturated rings. The Kier molecular flexibility index (Phi) is 6.44. The van der Waals surface area contributed by atoms with Gasteiger partial charge in [0.2, 0.25) is 0 Å². The molecule has 0 aromatic heterocycles. The quantitative estimate of drug-likeness (QED) is 0.638. The average molecular weight is 366 g/mol. The smallest absolute Gasteiger partial charge is 0.145 e. The SMILES string of the molecule is CCC(N)C1CCC(C2CCC(c3ccc(C)c(Cl)c3F)CC2)CC1. The molecule has 0 heterocycles. The molecule has 140 valence electrons. The van der Waals surface area contributed by atoms with Crippen LogP contribution in [0.4, 0.5) is 4.39 Å². The molecule has 0 saturated heterocycles. The van der Waals surface area contributed by atoms with E-state index in [2.05, 4.69) is 6.92 Å². The monoisotopic (exact) mass is 365 g/mol. The number of aryl methyl sites for hydroxylation is 1. The van der Waals surface area contributed by atoms with Crippen molar-refractivity contribution < 1.29 is 4.39 Å². The first-order chi connectivity index (χ1) is 12.0. The summed E-state index contributed by atoms with van der Waals surface area (Å²) in [7, 11) is 0. The van der Waals surface area contributed by atoms with Gasteiger partial charge < -0.3 is 5.73 Å². The molecule has 2 aliphatic rings. The Labute approximate surface area is 157 Å². The summed E-state index contributed by atoms with van der Waals surface area (Å²) in [5, 5.41) is 0.310. The molecule has 0 bridgehead atoms. The Hall–Kier alpha value is -0.600. The van der Waals surface area contributed by atoms with Crippen LogP contribution in [0.25, 0.3) is 0 Å². The van der Waals surface area contributed by atoms with E-state index < -0.39 is 0 Å². The van der Waals surface area contributed by atoms with E-state index in [4.69, 9.17) is 17.3 Å². The standard InChI is InChI=1S/C22H33ClFN/c1-3-20(25)18-11-7-16(8-12-18)15-5-9-17(10-6-15)19-13-4-14(2)21(23)22(19)24/h4,13,15-18,20H,3,5-12,25H2,1-2H3. The molecular formula is C22H33ClFN. The van der Waals surface area contributed by atoms with Gasteiger partial charge in [-0.1, -0.05) is 30.7 Å². The van der Waals surface area contributed by atoms with E-state index in [-0.39, 0.29) is 5.82 Å². The summed E-state index contributed by atoms with van der Waals surface area (Å²) >= 11 is 6.12. The molecule has 3 rings (SSSR count). The van der Waals surface area contributed by atoms with Crippen LogP contribution < -0.4 is 5.73 Å². The van der Waals surface area contributed by atoms with Gasteiger partial charge in [-0.2, -0.15) is 0 Å². The first-order valence-corrected chi connectivity index (χ1v) is 10.6. The topological polar surface area (TPSA) is 26.0 Å². The van der Waals surface area contributed by atoms with Crippen LogP contribution in [0.15, 0.2) is 12.1 Å². The van der Waals surface area contributed by atoms with Crippen molar-refractivity contribution in [3.05, 3.63) is 34.1 Å². The van der Waals surface area contributed by atoms with Crippen molar-refractivity contribution in [2.24, 2.45) is 23.5 Å². The van der Waals surface area contributed by atoms with Gasteiger partial charge in [-0.05, 0) is 99.5 Å². The number of rotatable bonds is 4. The molecular weight excluding hydrogens is 333 g/mol. The largest absolute Gasteiger partial charge is 0.327 e. The molecule has 0 amide bonds. The van der Waals surface area contributed by atoms with Crippen LogP contribution in [0, 0.1) is 30.5 Å². The van der Waals surface area contributed by atoms with Crippen LogP contribution in [0.2, 0.25) is 5.02 Å². The lowest BCUT2D eigenvalue weighted by Gasteiger charge is -2.39. The van der Waals surface area contributed by atoms with Crippen LogP contribution in [0.5, 0.6) is 0 Å². The maximum atomic E-state index is 14.5. The summed E-state index contributed by atoms with van der Waals surface area (Å²) < 4.78 is 14.5. The number of hydrogen-bond acceptors (Lipinski definition) is 1. The molecule has 3 heteroatoms. The van der Waals surface area contributed by atoms with E-state index in [1.807, 2.05) is 19.1 Å². The number of halogens is 2. The molecule has 1 aromatic rings. The van der Waals surface area contributed by atoms with E-state index in [1.54, 1.807) is 0 Å². The number of nitrogens with two attached hydrogens (primary N) is 1. The third kappa shape index (κ3) is 4.22. The molecule has 2 saturated carbocycles. The lowest BCUT2D eigenvalue weighted by molar-refractivity contribution is 0.149. The Balaban J connectivity index is 1.54. The van der Waals surface area contributed by atoms with Gasteiger partial charge in [0.25, 0.3) is 0 Å². The van der Waals surface area contributed by atoms with Crippen molar-refractivity contribution in [1.82, 2.24) is 0 Å². The van der Waals surface area contributed by atoms with Crippen LogP contribution in [0.3, 0.4) is 0 Å². The third-order valence-electron chi connectivity index (χ3n) is 7.08. The third-order valence-corrected chi connectivity index (χ3v) is 7.54. The maximum Gasteiger partial charge on any atom is 0.145 e. The molecule has 1 nitrogen and oxygen atoms in total. The highest BCUT2D eigenvalue weighted by molar-refractivity contribution is 6.31. The summed E-state index contributed by atoms with van der Waals surface area (Å²) in [6.45, 7) is 4.07. The molecule has 0 spiro atoms. The predicted molar refractivity (Wildman–Crippen MR) is 105 cm³/mol. The van der Waals surface area contributed by atoms with Crippen molar-refractivity contribution >= 4 is 11.6 Å². The summed E-state index contributed by atoms with van der Waals surface area (Å²) in [4.78, 5) is 0. The number of benzene rings is 1. The van der Waals surface area contributed by atoms with Crippen LogP contribution in [-0.4, -0.2) is 6.04 Å². The minimum atomic E-state index is -0.181. The van der Waals surface area contributed by atoms with Gasteiger partial charge in [0, 0.05) is 6.04 Å². The van der Waals surface area contributed by atoms with Crippen molar-refractivity contribution in [3.63, 3.8) is 0 Å². The molecule has 0 aliphatic heterocycles. The summed E-state index contributed by atoms with van der Waals surface area (Å²) in [6.07, 6.45) is 11.1. The predicted octanol–water partition coefficient (Wildman–Crippen LogP) is 6.61. The fraction of sp³-hybridized carbons (Fsp3) is 0.727. The van der Waals surface area contributed by atoms with Crippen molar-refractivity contribution in [2.75, 3.05) is 0 Å². The van der Waals surface area contributed by atoms with Gasteiger partial charge >= 0.3 is 0 Å². The zero-order chi connectivity index (χ0) is 18.0. The van der Waals surface area contributed by atoms with Crippen molar-refractivity contribution in [1.29, 1.82) is 0 Å². The zero-order valence-corrected chi connectivity index (χ0v) is 16.5. The van der Waals surface area contributed by atoms with Gasteiger partial charge in [0.05, 0.1) is 5.02 Å². The van der Waals surface area contributed by atoms with Gasteiger partial charge in [-0.3, -0.25) is 0 Å². The van der Waals surface area contributed by atoms with E-state index in [1.165, 1.54) is 38.5 Å². The van der Waals surface area contributed by atoms with E-state index in [0.717, 1.165) is 48.1 Å². The lowest BCUT2D eigenvalue weighted by atomic mass is 9.67. The molecule has 1 aromatic carbocycles. The zero-order valence-electron chi connectivity index (χ0n) is 15.7. The lowest BCUT2D eigenvalue weighted by Crippen LogP contribution is -2.34. The van der Waals surface area contributed by atoms with E-state index in [9.17, 15) is 4.39 Å².